The van der Waals surface area contributed by atoms with Crippen molar-refractivity contribution in [3.63, 3.8) is 0 Å². The summed E-state index contributed by atoms with van der Waals surface area (Å²) in [6, 6.07) is 7.89. The average molecular weight is 366 g/mol. The van der Waals surface area contributed by atoms with Crippen molar-refractivity contribution >= 4 is 17.4 Å². The number of aliphatic hydroxyl groups is 1. The van der Waals surface area contributed by atoms with Gasteiger partial charge in [0, 0.05) is 31.5 Å². The highest BCUT2D eigenvalue weighted by Crippen LogP contribution is 2.33. The minimum atomic E-state index is -0.968. The summed E-state index contributed by atoms with van der Waals surface area (Å²) in [6.07, 6.45) is 4.86. The van der Waals surface area contributed by atoms with E-state index in [1.165, 1.54) is 0 Å². The Morgan fingerprint density at radius 2 is 1.96 bits per heavy atom. The van der Waals surface area contributed by atoms with Crippen LogP contribution in [0.2, 0.25) is 0 Å². The lowest BCUT2D eigenvalue weighted by Crippen LogP contribution is -2.29. The number of nitrogens with two attached hydrogens (primary N) is 1. The molecule has 0 spiro atoms. The molecule has 0 aliphatic carbocycles. The van der Waals surface area contributed by atoms with E-state index >= 15 is 0 Å². The Morgan fingerprint density at radius 3 is 2.67 bits per heavy atom. The van der Waals surface area contributed by atoms with E-state index in [0.29, 0.717) is 5.56 Å². The molecule has 3 N–H and O–H groups in total. The van der Waals surface area contributed by atoms with Gasteiger partial charge in [0.1, 0.15) is 12.0 Å². The SMILES string of the molecule is Cc1cc(N2CCCc3cc(C(=O)N4CCCC4)cnc32)ccc1C(N)O. The molecule has 2 aliphatic rings. The van der Waals surface area contributed by atoms with Crippen LogP contribution in [-0.4, -0.2) is 40.5 Å². The first-order valence-corrected chi connectivity index (χ1v) is 9.64. The van der Waals surface area contributed by atoms with Crippen LogP contribution in [0.15, 0.2) is 30.5 Å². The maximum absolute atomic E-state index is 12.7. The lowest BCUT2D eigenvalue weighted by atomic mass is 10.0. The number of aryl methyl sites for hydroxylation is 2. The molecule has 2 aromatic rings. The van der Waals surface area contributed by atoms with E-state index in [4.69, 9.17) is 5.73 Å². The van der Waals surface area contributed by atoms with Gasteiger partial charge in [0.25, 0.3) is 5.91 Å². The number of aliphatic hydroxyl groups excluding tert-OH is 1. The number of fused-ring (bicyclic) bond motifs is 1. The summed E-state index contributed by atoms with van der Waals surface area (Å²) in [7, 11) is 0. The summed E-state index contributed by atoms with van der Waals surface area (Å²) < 4.78 is 0. The molecule has 1 fully saturated rings. The van der Waals surface area contributed by atoms with Crippen molar-refractivity contribution in [1.82, 2.24) is 9.88 Å². The third-order valence-corrected chi connectivity index (χ3v) is 5.55. The van der Waals surface area contributed by atoms with E-state index in [2.05, 4.69) is 9.88 Å². The van der Waals surface area contributed by atoms with Crippen molar-refractivity contribution in [2.45, 2.75) is 38.8 Å². The van der Waals surface area contributed by atoms with Crippen LogP contribution in [0.1, 0.15) is 52.5 Å². The number of likely N-dealkylation sites (tertiary alicyclic amines) is 1. The summed E-state index contributed by atoms with van der Waals surface area (Å²) in [5.74, 6) is 1.01. The molecule has 142 valence electrons. The first-order valence-electron chi connectivity index (χ1n) is 9.64. The molecule has 1 aromatic carbocycles. The zero-order valence-electron chi connectivity index (χ0n) is 15.7. The molecule has 2 aliphatic heterocycles. The number of carbonyl (C=O) groups excluding carboxylic acids is 1. The fraction of sp³-hybridized carbons (Fsp3) is 0.429. The van der Waals surface area contributed by atoms with Crippen molar-refractivity contribution in [2.75, 3.05) is 24.5 Å². The Morgan fingerprint density at radius 1 is 1.19 bits per heavy atom. The Balaban J connectivity index is 1.64. The second kappa shape index (κ2) is 7.29. The summed E-state index contributed by atoms with van der Waals surface area (Å²) in [6.45, 7) is 4.52. The number of hydrogen-bond donors (Lipinski definition) is 2. The summed E-state index contributed by atoms with van der Waals surface area (Å²) in [4.78, 5) is 21.4. The normalized spacial score (nSPS) is 17.7. The van der Waals surface area contributed by atoms with Gasteiger partial charge in [0.15, 0.2) is 0 Å². The van der Waals surface area contributed by atoms with Gasteiger partial charge in [-0.2, -0.15) is 0 Å². The monoisotopic (exact) mass is 366 g/mol. The zero-order valence-corrected chi connectivity index (χ0v) is 15.7. The van der Waals surface area contributed by atoms with Crippen LogP contribution >= 0.6 is 0 Å². The number of anilines is 2. The van der Waals surface area contributed by atoms with Crippen LogP contribution in [0.25, 0.3) is 0 Å². The number of pyridine rings is 1. The number of aromatic nitrogens is 1. The Labute approximate surface area is 159 Å². The summed E-state index contributed by atoms with van der Waals surface area (Å²) in [5, 5.41) is 9.65. The minimum absolute atomic E-state index is 0.0945. The fourth-order valence-corrected chi connectivity index (χ4v) is 4.09. The van der Waals surface area contributed by atoms with Crippen LogP contribution in [0.3, 0.4) is 0 Å². The third-order valence-electron chi connectivity index (χ3n) is 5.55. The molecule has 0 saturated carbocycles. The average Bonchev–Trinajstić information content (AvgIpc) is 3.21. The molecule has 3 heterocycles. The predicted octanol–water partition coefficient (Wildman–Crippen LogP) is 2.66. The summed E-state index contributed by atoms with van der Waals surface area (Å²) in [5.41, 5.74) is 10.1. The highest BCUT2D eigenvalue weighted by molar-refractivity contribution is 5.94. The van der Waals surface area contributed by atoms with Crippen molar-refractivity contribution in [2.24, 2.45) is 5.73 Å². The number of hydrogen-bond acceptors (Lipinski definition) is 5. The Hall–Kier alpha value is -2.44. The smallest absolute Gasteiger partial charge is 0.255 e. The molecule has 0 radical (unpaired) electrons. The lowest BCUT2D eigenvalue weighted by Gasteiger charge is -2.31. The molecule has 1 saturated heterocycles. The van der Waals surface area contributed by atoms with Gasteiger partial charge in [-0.15, -0.1) is 0 Å². The highest BCUT2D eigenvalue weighted by Gasteiger charge is 2.24. The van der Waals surface area contributed by atoms with Gasteiger partial charge in [0.05, 0.1) is 5.56 Å². The van der Waals surface area contributed by atoms with Gasteiger partial charge in [-0.25, -0.2) is 4.98 Å². The molecule has 1 unspecified atom stereocenters. The summed E-state index contributed by atoms with van der Waals surface area (Å²) >= 11 is 0. The second-order valence-corrected chi connectivity index (χ2v) is 7.45. The second-order valence-electron chi connectivity index (χ2n) is 7.45. The molecule has 1 aromatic heterocycles. The van der Waals surface area contributed by atoms with Crippen molar-refractivity contribution < 1.29 is 9.90 Å². The van der Waals surface area contributed by atoms with E-state index in [0.717, 1.165) is 73.5 Å². The van der Waals surface area contributed by atoms with E-state index in [-0.39, 0.29) is 5.91 Å². The van der Waals surface area contributed by atoms with Crippen LogP contribution in [-0.2, 0) is 6.42 Å². The Kier molecular flexibility index (Phi) is 4.85. The Bertz CT molecular complexity index is 859. The topological polar surface area (TPSA) is 82.7 Å². The number of nitrogens with zero attached hydrogens (tertiary/aromatic N) is 3. The van der Waals surface area contributed by atoms with Gasteiger partial charge in [-0.3, -0.25) is 4.79 Å². The van der Waals surface area contributed by atoms with Crippen LogP contribution < -0.4 is 10.6 Å². The fourth-order valence-electron chi connectivity index (χ4n) is 4.09. The quantitative estimate of drug-likeness (QED) is 0.816. The van der Waals surface area contributed by atoms with Crippen LogP contribution in [0.5, 0.6) is 0 Å². The molecule has 1 amide bonds. The van der Waals surface area contributed by atoms with Gasteiger partial charge in [-0.05, 0) is 67.5 Å². The molecule has 6 nitrogen and oxygen atoms in total. The van der Waals surface area contributed by atoms with Gasteiger partial charge in [-0.1, -0.05) is 6.07 Å². The first kappa shape index (κ1) is 17.9. The molecular formula is C21H26N4O2. The minimum Gasteiger partial charge on any atom is -0.375 e. The standard InChI is InChI=1S/C21H26N4O2/c1-14-11-17(6-7-18(14)19(22)26)25-10-4-5-15-12-16(13-23-20(15)25)21(27)24-8-2-3-9-24/h6-7,11-13,19,26H,2-5,8-10,22H2,1H3. The number of rotatable bonds is 3. The molecule has 1 atom stereocenters. The van der Waals surface area contributed by atoms with E-state index in [9.17, 15) is 9.90 Å². The van der Waals surface area contributed by atoms with Crippen molar-refractivity contribution in [3.05, 3.63) is 52.7 Å². The zero-order chi connectivity index (χ0) is 19.0. The highest BCUT2D eigenvalue weighted by atomic mass is 16.3. The van der Waals surface area contributed by atoms with E-state index in [1.807, 2.05) is 36.1 Å². The number of amides is 1. The molecule has 27 heavy (non-hydrogen) atoms. The first-order chi connectivity index (χ1) is 13.0. The van der Waals surface area contributed by atoms with Gasteiger partial charge >= 0.3 is 0 Å². The molecule has 4 rings (SSSR count). The third kappa shape index (κ3) is 3.42. The molecule has 6 heteroatoms. The number of carbonyl (C=O) groups is 1. The largest absolute Gasteiger partial charge is 0.375 e. The van der Waals surface area contributed by atoms with Crippen LogP contribution in [0.4, 0.5) is 11.5 Å². The maximum Gasteiger partial charge on any atom is 0.255 e. The molecular weight excluding hydrogens is 340 g/mol. The van der Waals surface area contributed by atoms with E-state index < -0.39 is 6.23 Å². The van der Waals surface area contributed by atoms with Gasteiger partial charge < -0.3 is 20.6 Å². The van der Waals surface area contributed by atoms with E-state index in [1.54, 1.807) is 6.20 Å². The molecule has 0 bridgehead atoms. The van der Waals surface area contributed by atoms with Gasteiger partial charge in [0.2, 0.25) is 0 Å². The number of benzene rings is 1. The predicted molar refractivity (Wildman–Crippen MR) is 105 cm³/mol. The maximum atomic E-state index is 12.7. The van der Waals surface area contributed by atoms with Crippen LogP contribution in [0, 0.1) is 6.92 Å². The van der Waals surface area contributed by atoms with Crippen molar-refractivity contribution in [3.8, 4) is 0 Å². The van der Waals surface area contributed by atoms with Crippen molar-refractivity contribution in [1.29, 1.82) is 0 Å². The lowest BCUT2D eigenvalue weighted by molar-refractivity contribution is 0.0792.